The standard InChI is InChI=1S/C89H163O25P/c1-5-9-13-17-21-25-29-33-35-39-43-47-51-55-59-63-74(93)108-69(66-105-72(91)61-57-53-49-45-41-37-31-27-23-19-15-11-7-3)67-107-115(103,104)114-87-85(112-88-82(101)78(97)76(95)70(65-90)109-88)81(100)80(99)84(111-75(94)64-60-56-52-48-44-40-36-34-30-26-22-18-14-10-6-2)86(87)113-89-83(102)79(98)77(96)71(110-89)68-106-73(92)62-58-54-50-46-42-38-32-28-24-20-16-12-8-4/h37-38,41-42,69-71,76-90,95-102H,5-36,39-40,43-68H2,1-4H3,(H,103,104)/b41-37-,42-38-. The SMILES string of the molecule is CCCCCCCC/C=C\CCCCCC(=O)OCC(COP(=O)(O)OC1C(OC2OC(CO)C(O)C(O)C2O)C(O)C(O)C(OC(=O)CCCCCCCCCCCCCCCCC)C1OC1OC(COC(=O)CCCCC/C=C\CCCCCCCC)C(O)C(O)C1O)OC(=O)CCCCCCCCCCCCCCCCC. The molecule has 674 valence electrons. The van der Waals surface area contributed by atoms with Gasteiger partial charge in [0.15, 0.2) is 24.8 Å². The predicted molar refractivity (Wildman–Crippen MR) is 444 cm³/mol. The molecule has 2 saturated heterocycles. The van der Waals surface area contributed by atoms with Crippen LogP contribution in [0.3, 0.4) is 0 Å². The van der Waals surface area contributed by atoms with Gasteiger partial charge in [-0.05, 0) is 77.0 Å². The third-order valence-electron chi connectivity index (χ3n) is 22.4. The molecule has 26 heteroatoms. The van der Waals surface area contributed by atoms with Gasteiger partial charge in [0, 0.05) is 25.7 Å². The van der Waals surface area contributed by atoms with Crippen LogP contribution >= 0.6 is 7.82 Å². The molecule has 2 heterocycles. The number of phosphoric ester groups is 1. The molecule has 0 bridgehead atoms. The zero-order valence-electron chi connectivity index (χ0n) is 71.6. The van der Waals surface area contributed by atoms with E-state index in [0.29, 0.717) is 38.5 Å². The fraction of sp³-hybridized carbons (Fsp3) is 0.910. The summed E-state index contributed by atoms with van der Waals surface area (Å²) in [6.07, 6.45) is 27.6. The van der Waals surface area contributed by atoms with Crippen LogP contribution in [0, 0.1) is 0 Å². The number of esters is 4. The molecule has 0 radical (unpaired) electrons. The molecule has 115 heavy (non-hydrogen) atoms. The smallest absolute Gasteiger partial charge is 0.463 e. The summed E-state index contributed by atoms with van der Waals surface area (Å²) in [7, 11) is -5.81. The van der Waals surface area contributed by atoms with Crippen molar-refractivity contribution < 1.29 is 122 Å². The van der Waals surface area contributed by atoms with Crippen molar-refractivity contribution in [3.63, 3.8) is 0 Å². The van der Waals surface area contributed by atoms with Crippen molar-refractivity contribution in [2.75, 3.05) is 26.4 Å². The number of carbonyl (C=O) groups excluding carboxylic acids is 4. The first kappa shape index (κ1) is 106. The summed E-state index contributed by atoms with van der Waals surface area (Å²) in [6, 6.07) is 0. The Bertz CT molecular complexity index is 2490. The lowest BCUT2D eigenvalue weighted by Crippen LogP contribution is -2.70. The Morgan fingerprint density at radius 3 is 1.04 bits per heavy atom. The first-order chi connectivity index (χ1) is 55.7. The number of hydrogen-bond acceptors (Lipinski definition) is 24. The minimum atomic E-state index is -5.81. The third kappa shape index (κ3) is 49.0. The van der Waals surface area contributed by atoms with Crippen LogP contribution < -0.4 is 0 Å². The summed E-state index contributed by atoms with van der Waals surface area (Å²) >= 11 is 0. The van der Waals surface area contributed by atoms with Crippen molar-refractivity contribution in [3.05, 3.63) is 24.3 Å². The number of unbranched alkanes of at least 4 members (excludes halogenated alkanes) is 46. The van der Waals surface area contributed by atoms with E-state index in [1.807, 2.05) is 0 Å². The van der Waals surface area contributed by atoms with E-state index in [4.69, 9.17) is 46.9 Å². The van der Waals surface area contributed by atoms with Gasteiger partial charge in [0.25, 0.3) is 0 Å². The molecule has 18 unspecified atom stereocenters. The second kappa shape index (κ2) is 68.5. The number of ether oxygens (including phenoxy) is 8. The molecule has 25 nitrogen and oxygen atoms in total. The van der Waals surface area contributed by atoms with Crippen molar-refractivity contribution in [2.24, 2.45) is 0 Å². The highest BCUT2D eigenvalue weighted by Gasteiger charge is 2.60. The molecule has 0 spiro atoms. The van der Waals surface area contributed by atoms with Crippen LogP contribution in [0.4, 0.5) is 0 Å². The fourth-order valence-electron chi connectivity index (χ4n) is 15.1. The summed E-state index contributed by atoms with van der Waals surface area (Å²) < 4.78 is 73.3. The summed E-state index contributed by atoms with van der Waals surface area (Å²) in [6.45, 7) is 5.55. The Kier molecular flexibility index (Phi) is 63.2. The maximum Gasteiger partial charge on any atom is 0.472 e. The van der Waals surface area contributed by atoms with Gasteiger partial charge in [-0.15, -0.1) is 0 Å². The van der Waals surface area contributed by atoms with Gasteiger partial charge in [0.2, 0.25) is 0 Å². The Hall–Kier alpha value is -3.05. The number of phosphoric acid groups is 1. The number of hydrogen-bond donors (Lipinski definition) is 10. The minimum Gasteiger partial charge on any atom is -0.463 e. The van der Waals surface area contributed by atoms with Crippen LogP contribution in [-0.2, 0) is 70.7 Å². The lowest BCUT2D eigenvalue weighted by atomic mass is 9.84. The van der Waals surface area contributed by atoms with Crippen LogP contribution in [0.2, 0.25) is 0 Å². The maximum atomic E-state index is 14.9. The Morgan fingerprint density at radius 1 is 0.339 bits per heavy atom. The van der Waals surface area contributed by atoms with Gasteiger partial charge in [-0.25, -0.2) is 4.57 Å². The maximum absolute atomic E-state index is 14.9. The van der Waals surface area contributed by atoms with Crippen molar-refractivity contribution in [3.8, 4) is 0 Å². The molecule has 0 amide bonds. The van der Waals surface area contributed by atoms with Crippen molar-refractivity contribution in [1.29, 1.82) is 0 Å². The van der Waals surface area contributed by atoms with Gasteiger partial charge in [-0.2, -0.15) is 0 Å². The van der Waals surface area contributed by atoms with E-state index in [1.165, 1.54) is 173 Å². The van der Waals surface area contributed by atoms with E-state index in [2.05, 4.69) is 52.0 Å². The molecule has 10 N–H and O–H groups in total. The molecule has 0 aromatic rings. The largest absolute Gasteiger partial charge is 0.472 e. The molecular weight excluding hydrogens is 1500 g/mol. The normalized spacial score (nSPS) is 25.3. The molecule has 3 aliphatic rings. The van der Waals surface area contributed by atoms with E-state index < -0.39 is 162 Å². The number of rotatable bonds is 74. The van der Waals surface area contributed by atoms with Crippen LogP contribution in [0.5, 0.6) is 0 Å². The third-order valence-corrected chi connectivity index (χ3v) is 23.4. The van der Waals surface area contributed by atoms with Crippen molar-refractivity contribution in [1.82, 2.24) is 0 Å². The molecule has 3 rings (SSSR count). The summed E-state index contributed by atoms with van der Waals surface area (Å²) in [5, 5.41) is 102. The zero-order valence-corrected chi connectivity index (χ0v) is 72.5. The topological polar surface area (TPSA) is 380 Å². The monoisotopic (exact) mass is 1660 g/mol. The molecular formula is C89H163O25P. The second-order valence-corrected chi connectivity index (χ2v) is 34.2. The van der Waals surface area contributed by atoms with Gasteiger partial charge in [-0.1, -0.05) is 309 Å². The van der Waals surface area contributed by atoms with Crippen LogP contribution in [0.15, 0.2) is 24.3 Å². The first-order valence-corrected chi connectivity index (χ1v) is 47.6. The highest BCUT2D eigenvalue weighted by atomic mass is 31.2. The molecule has 1 aliphatic carbocycles. The number of carbonyl (C=O) groups is 4. The van der Waals surface area contributed by atoms with Gasteiger partial charge in [0.1, 0.15) is 92.6 Å². The van der Waals surface area contributed by atoms with E-state index >= 15 is 0 Å². The van der Waals surface area contributed by atoms with E-state index in [-0.39, 0.29) is 25.7 Å². The second-order valence-electron chi connectivity index (χ2n) is 32.8. The molecule has 0 aromatic carbocycles. The van der Waals surface area contributed by atoms with Crippen molar-refractivity contribution in [2.45, 2.75) is 491 Å². The quantitative estimate of drug-likeness (QED) is 0.00889. The highest BCUT2D eigenvalue weighted by Crippen LogP contribution is 2.49. The van der Waals surface area contributed by atoms with Crippen LogP contribution in [-0.4, -0.2) is 205 Å². The van der Waals surface area contributed by atoms with E-state index in [9.17, 15) is 74.6 Å². The number of allylic oxidation sites excluding steroid dienone is 4. The lowest BCUT2D eigenvalue weighted by molar-refractivity contribution is -0.360. The molecule has 2 aliphatic heterocycles. The average Bonchev–Trinajstić information content (AvgIpc) is 0.755. The number of aliphatic hydroxyl groups is 9. The van der Waals surface area contributed by atoms with Gasteiger partial charge >= 0.3 is 31.7 Å². The van der Waals surface area contributed by atoms with Gasteiger partial charge in [-0.3, -0.25) is 28.2 Å². The Morgan fingerprint density at radius 2 is 0.652 bits per heavy atom. The molecule has 1 saturated carbocycles. The Labute approximate surface area is 692 Å². The van der Waals surface area contributed by atoms with E-state index in [0.717, 1.165) is 122 Å². The van der Waals surface area contributed by atoms with E-state index in [1.54, 1.807) is 0 Å². The summed E-state index contributed by atoms with van der Waals surface area (Å²) in [5.41, 5.74) is 0. The first-order valence-electron chi connectivity index (χ1n) is 46.1. The highest BCUT2D eigenvalue weighted by molar-refractivity contribution is 7.47. The average molecular weight is 1660 g/mol. The number of aliphatic hydroxyl groups excluding tert-OH is 9. The Balaban J connectivity index is 1.93. The predicted octanol–water partition coefficient (Wildman–Crippen LogP) is 16.5. The molecule has 18 atom stereocenters. The molecule has 3 fully saturated rings. The summed E-state index contributed by atoms with van der Waals surface area (Å²) in [4.78, 5) is 66.3. The van der Waals surface area contributed by atoms with Crippen LogP contribution in [0.25, 0.3) is 0 Å². The van der Waals surface area contributed by atoms with Crippen molar-refractivity contribution >= 4 is 31.7 Å². The molecule has 0 aromatic heterocycles. The lowest BCUT2D eigenvalue weighted by Gasteiger charge is -2.50. The zero-order chi connectivity index (χ0) is 84.0. The fourth-order valence-corrected chi connectivity index (χ4v) is 16.0. The van der Waals surface area contributed by atoms with Gasteiger partial charge < -0.3 is 88.7 Å². The minimum absolute atomic E-state index is 0.00593. The van der Waals surface area contributed by atoms with Gasteiger partial charge in [0.05, 0.1) is 13.2 Å². The summed E-state index contributed by atoms with van der Waals surface area (Å²) in [5.74, 6) is -3.00. The van der Waals surface area contributed by atoms with Crippen LogP contribution in [0.1, 0.15) is 387 Å².